The summed E-state index contributed by atoms with van der Waals surface area (Å²) in [6.45, 7) is 1.66. The maximum Gasteiger partial charge on any atom is 0.322 e. The Balaban J connectivity index is 1.39. The van der Waals surface area contributed by atoms with Crippen molar-refractivity contribution in [2.45, 2.75) is 31.9 Å². The van der Waals surface area contributed by atoms with Gasteiger partial charge in [-0.25, -0.2) is 9.78 Å². The van der Waals surface area contributed by atoms with Gasteiger partial charge in [0.25, 0.3) is 5.91 Å². The number of fused-ring (bicyclic) bond motifs is 1. The number of benzene rings is 1. The number of thiazole rings is 1. The first kappa shape index (κ1) is 18.7. The second kappa shape index (κ2) is 8.15. The van der Waals surface area contributed by atoms with Crippen LogP contribution in [0.1, 0.15) is 23.4 Å². The number of anilines is 2. The van der Waals surface area contributed by atoms with Crippen molar-refractivity contribution in [2.24, 2.45) is 0 Å². The average molecular weight is 402 g/mol. The Bertz CT molecular complexity index is 879. The first-order chi connectivity index (χ1) is 13.6. The molecule has 4 rings (SSSR count). The van der Waals surface area contributed by atoms with Crippen molar-refractivity contribution < 1.29 is 19.1 Å². The summed E-state index contributed by atoms with van der Waals surface area (Å²) in [7, 11) is 1.57. The predicted molar refractivity (Wildman–Crippen MR) is 106 cm³/mol. The lowest BCUT2D eigenvalue weighted by molar-refractivity contribution is -0.124. The van der Waals surface area contributed by atoms with E-state index in [1.54, 1.807) is 24.1 Å². The van der Waals surface area contributed by atoms with E-state index in [9.17, 15) is 9.59 Å². The molecule has 0 radical (unpaired) electrons. The molecule has 28 heavy (non-hydrogen) atoms. The van der Waals surface area contributed by atoms with Crippen LogP contribution in [0.25, 0.3) is 0 Å². The molecule has 2 aliphatic heterocycles. The van der Waals surface area contributed by atoms with Gasteiger partial charge >= 0.3 is 6.03 Å². The van der Waals surface area contributed by atoms with E-state index in [0.717, 1.165) is 23.4 Å². The minimum Gasteiger partial charge on any atom is -0.495 e. The Kier molecular flexibility index (Phi) is 5.45. The molecule has 1 saturated heterocycles. The van der Waals surface area contributed by atoms with Crippen molar-refractivity contribution in [3.63, 3.8) is 0 Å². The van der Waals surface area contributed by atoms with Crippen molar-refractivity contribution in [3.05, 3.63) is 34.8 Å². The summed E-state index contributed by atoms with van der Waals surface area (Å²) < 4.78 is 10.7. The van der Waals surface area contributed by atoms with Crippen LogP contribution in [0.15, 0.2) is 24.3 Å². The summed E-state index contributed by atoms with van der Waals surface area (Å²) >= 11 is 1.41. The van der Waals surface area contributed by atoms with Crippen molar-refractivity contribution in [1.82, 2.24) is 9.88 Å². The highest BCUT2D eigenvalue weighted by molar-refractivity contribution is 7.15. The molecule has 3 heterocycles. The first-order valence-electron chi connectivity index (χ1n) is 9.24. The SMILES string of the molecule is COc1ccccc1NC(=O)N1CCc2nc(NC(=O)C3CCCO3)sc2C1. The van der Waals surface area contributed by atoms with E-state index in [1.165, 1.54) is 11.3 Å². The monoisotopic (exact) mass is 402 g/mol. The Morgan fingerprint density at radius 1 is 1.32 bits per heavy atom. The van der Waals surface area contributed by atoms with E-state index in [2.05, 4.69) is 15.6 Å². The third-order valence-electron chi connectivity index (χ3n) is 4.82. The van der Waals surface area contributed by atoms with Gasteiger partial charge < -0.3 is 19.7 Å². The molecule has 0 bridgehead atoms. The highest BCUT2D eigenvalue weighted by Gasteiger charge is 2.27. The van der Waals surface area contributed by atoms with Gasteiger partial charge in [-0.15, -0.1) is 0 Å². The van der Waals surface area contributed by atoms with Crippen LogP contribution >= 0.6 is 11.3 Å². The third-order valence-corrected chi connectivity index (χ3v) is 5.82. The van der Waals surface area contributed by atoms with Crippen LogP contribution in [-0.4, -0.2) is 48.2 Å². The van der Waals surface area contributed by atoms with Gasteiger partial charge in [0.05, 0.1) is 25.0 Å². The highest BCUT2D eigenvalue weighted by Crippen LogP contribution is 2.30. The molecule has 1 aromatic carbocycles. The first-order valence-corrected chi connectivity index (χ1v) is 10.1. The summed E-state index contributed by atoms with van der Waals surface area (Å²) in [4.78, 5) is 32.1. The topological polar surface area (TPSA) is 92.8 Å². The zero-order chi connectivity index (χ0) is 19.5. The molecule has 2 aromatic rings. The number of methoxy groups -OCH3 is 1. The Labute approximate surface area is 166 Å². The molecule has 2 N–H and O–H groups in total. The van der Waals surface area contributed by atoms with Crippen LogP contribution in [0.3, 0.4) is 0 Å². The van der Waals surface area contributed by atoms with Crippen molar-refractivity contribution in [3.8, 4) is 5.75 Å². The highest BCUT2D eigenvalue weighted by atomic mass is 32.1. The molecular formula is C19H22N4O4S. The molecule has 148 valence electrons. The van der Waals surface area contributed by atoms with Crippen molar-refractivity contribution >= 4 is 34.1 Å². The number of carbonyl (C=O) groups is 2. The largest absolute Gasteiger partial charge is 0.495 e. The molecule has 8 nitrogen and oxygen atoms in total. The van der Waals surface area contributed by atoms with Gasteiger partial charge in [0.1, 0.15) is 11.9 Å². The number of ether oxygens (including phenoxy) is 2. The Hall–Kier alpha value is -2.65. The Morgan fingerprint density at radius 2 is 2.18 bits per heavy atom. The number of para-hydroxylation sites is 2. The van der Waals surface area contributed by atoms with Crippen LogP contribution < -0.4 is 15.4 Å². The van der Waals surface area contributed by atoms with E-state index in [4.69, 9.17) is 9.47 Å². The van der Waals surface area contributed by atoms with Crippen LogP contribution in [-0.2, 0) is 22.5 Å². The van der Waals surface area contributed by atoms with E-state index in [-0.39, 0.29) is 18.0 Å². The molecule has 0 aliphatic carbocycles. The smallest absolute Gasteiger partial charge is 0.322 e. The number of rotatable bonds is 4. The summed E-state index contributed by atoms with van der Waals surface area (Å²) in [6, 6.07) is 7.12. The lowest BCUT2D eigenvalue weighted by Gasteiger charge is -2.26. The molecule has 9 heteroatoms. The summed E-state index contributed by atoms with van der Waals surface area (Å²) in [5.74, 6) is 0.472. The fraction of sp³-hybridized carbons (Fsp3) is 0.421. The second-order valence-electron chi connectivity index (χ2n) is 6.68. The molecule has 1 atom stereocenters. The number of nitrogens with zero attached hydrogens (tertiary/aromatic N) is 2. The standard InChI is InChI=1S/C19H22N4O4S/c1-26-14-6-3-2-5-12(14)21-19(25)23-9-8-13-16(11-23)28-18(20-13)22-17(24)15-7-4-10-27-15/h2-3,5-6,15H,4,7-11H2,1H3,(H,21,25)(H,20,22,24). The van der Waals surface area contributed by atoms with E-state index >= 15 is 0 Å². The van der Waals surface area contributed by atoms with Crippen LogP contribution in [0.2, 0.25) is 0 Å². The normalized spacial score (nSPS) is 18.5. The zero-order valence-corrected chi connectivity index (χ0v) is 16.4. The summed E-state index contributed by atoms with van der Waals surface area (Å²) in [5, 5.41) is 6.31. The number of hydrogen-bond donors (Lipinski definition) is 2. The van der Waals surface area contributed by atoms with Gasteiger partial charge in [-0.3, -0.25) is 10.1 Å². The quantitative estimate of drug-likeness (QED) is 0.820. The van der Waals surface area contributed by atoms with Gasteiger partial charge in [-0.05, 0) is 25.0 Å². The van der Waals surface area contributed by atoms with E-state index in [1.807, 2.05) is 12.1 Å². The third kappa shape index (κ3) is 3.95. The number of amides is 3. The molecule has 1 fully saturated rings. The fourth-order valence-electron chi connectivity index (χ4n) is 3.33. The summed E-state index contributed by atoms with van der Waals surface area (Å²) in [5.41, 5.74) is 1.57. The number of carbonyl (C=O) groups excluding carboxylic acids is 2. The molecule has 0 spiro atoms. The van der Waals surface area contributed by atoms with Gasteiger partial charge in [0, 0.05) is 24.4 Å². The summed E-state index contributed by atoms with van der Waals surface area (Å²) in [6.07, 6.45) is 1.92. The van der Waals surface area contributed by atoms with Crippen LogP contribution in [0.5, 0.6) is 5.75 Å². The second-order valence-corrected chi connectivity index (χ2v) is 7.77. The molecule has 1 unspecified atom stereocenters. The Morgan fingerprint density at radius 3 is 2.96 bits per heavy atom. The number of aromatic nitrogens is 1. The van der Waals surface area contributed by atoms with Gasteiger partial charge in [-0.2, -0.15) is 0 Å². The van der Waals surface area contributed by atoms with Crippen molar-refractivity contribution in [2.75, 3.05) is 30.9 Å². The minimum absolute atomic E-state index is 0.144. The predicted octanol–water partition coefficient (Wildman–Crippen LogP) is 2.86. The van der Waals surface area contributed by atoms with Crippen LogP contribution in [0.4, 0.5) is 15.6 Å². The van der Waals surface area contributed by atoms with Gasteiger partial charge in [0.15, 0.2) is 5.13 Å². The minimum atomic E-state index is -0.385. The van der Waals surface area contributed by atoms with Crippen molar-refractivity contribution in [1.29, 1.82) is 0 Å². The maximum absolute atomic E-state index is 12.7. The molecule has 1 aromatic heterocycles. The molecule has 2 aliphatic rings. The van der Waals surface area contributed by atoms with Gasteiger partial charge in [0.2, 0.25) is 0 Å². The number of nitrogens with one attached hydrogen (secondary N) is 2. The zero-order valence-electron chi connectivity index (χ0n) is 15.6. The number of urea groups is 1. The lowest BCUT2D eigenvalue weighted by atomic mass is 10.2. The van der Waals surface area contributed by atoms with Crippen LogP contribution in [0, 0.1) is 0 Å². The molecule has 0 saturated carbocycles. The fourth-order valence-corrected chi connectivity index (χ4v) is 4.36. The van der Waals surface area contributed by atoms with E-state index in [0.29, 0.717) is 42.7 Å². The molecule has 3 amide bonds. The van der Waals surface area contributed by atoms with E-state index < -0.39 is 0 Å². The number of hydrogen-bond acceptors (Lipinski definition) is 6. The van der Waals surface area contributed by atoms with Gasteiger partial charge in [-0.1, -0.05) is 23.5 Å². The average Bonchev–Trinajstić information content (AvgIpc) is 3.37. The maximum atomic E-state index is 12.7. The lowest BCUT2D eigenvalue weighted by Crippen LogP contribution is -2.38. The molecular weight excluding hydrogens is 380 g/mol.